The zero-order valence-electron chi connectivity index (χ0n) is 11.4. The molecule has 19 heavy (non-hydrogen) atoms. The summed E-state index contributed by atoms with van der Waals surface area (Å²) < 4.78 is 4.98. The molecule has 2 rings (SSSR count). The maximum Gasteiger partial charge on any atom is 0.126 e. The van der Waals surface area contributed by atoms with Gasteiger partial charge in [-0.15, -0.1) is 0 Å². The van der Waals surface area contributed by atoms with Gasteiger partial charge in [-0.2, -0.15) is 0 Å². The molecule has 102 valence electrons. The molecule has 0 saturated carbocycles. The Morgan fingerprint density at radius 3 is 2.84 bits per heavy atom. The number of hydrogen-bond acceptors (Lipinski definition) is 4. The van der Waals surface area contributed by atoms with Gasteiger partial charge in [0.15, 0.2) is 0 Å². The monoisotopic (exact) mass is 260 g/mol. The molecule has 0 aliphatic rings. The van der Waals surface area contributed by atoms with Gasteiger partial charge in [-0.1, -0.05) is 18.2 Å². The van der Waals surface area contributed by atoms with E-state index in [1.165, 1.54) is 0 Å². The first-order valence-corrected chi connectivity index (χ1v) is 6.42. The Kier molecular flexibility index (Phi) is 4.35. The lowest BCUT2D eigenvalue weighted by Crippen LogP contribution is -2.34. The smallest absolute Gasteiger partial charge is 0.126 e. The summed E-state index contributed by atoms with van der Waals surface area (Å²) in [5, 5.41) is 14.4. The van der Waals surface area contributed by atoms with E-state index in [-0.39, 0.29) is 0 Å². The molecule has 2 N–H and O–H groups in total. The van der Waals surface area contributed by atoms with Crippen molar-refractivity contribution in [2.24, 2.45) is 0 Å². The van der Waals surface area contributed by atoms with E-state index >= 15 is 0 Å². The lowest BCUT2D eigenvalue weighted by atomic mass is 10.0. The minimum absolute atomic E-state index is 0.446. The number of methoxy groups -OCH3 is 1. The minimum atomic E-state index is -0.802. The van der Waals surface area contributed by atoms with Crippen molar-refractivity contribution >= 4 is 16.7 Å². The van der Waals surface area contributed by atoms with E-state index in [1.807, 2.05) is 36.4 Å². The van der Waals surface area contributed by atoms with Gasteiger partial charge in [-0.25, -0.2) is 4.98 Å². The predicted octanol–water partition coefficient (Wildman–Crippen LogP) is 2.43. The standard InChI is InChI=1S/C15H20N2O2/c1-15(18,9-10-19-2)11-16-14-8-7-12-5-3-4-6-13(12)17-14/h3-8,18H,9-11H2,1-2H3,(H,16,17). The van der Waals surface area contributed by atoms with Crippen LogP contribution < -0.4 is 5.32 Å². The molecule has 1 heterocycles. The fraction of sp³-hybridized carbons (Fsp3) is 0.400. The van der Waals surface area contributed by atoms with Gasteiger partial charge in [-0.3, -0.25) is 0 Å². The van der Waals surface area contributed by atoms with Crippen LogP contribution in [0, 0.1) is 0 Å². The number of fused-ring (bicyclic) bond motifs is 1. The van der Waals surface area contributed by atoms with Crippen molar-refractivity contribution in [2.45, 2.75) is 18.9 Å². The van der Waals surface area contributed by atoms with Crippen LogP contribution in [-0.2, 0) is 4.74 Å². The number of anilines is 1. The van der Waals surface area contributed by atoms with Gasteiger partial charge in [0.05, 0.1) is 11.1 Å². The third-order valence-electron chi connectivity index (χ3n) is 3.09. The van der Waals surface area contributed by atoms with Crippen molar-refractivity contribution in [3.05, 3.63) is 36.4 Å². The van der Waals surface area contributed by atoms with E-state index < -0.39 is 5.60 Å². The maximum atomic E-state index is 10.1. The Morgan fingerprint density at radius 1 is 1.26 bits per heavy atom. The molecule has 0 aliphatic heterocycles. The van der Waals surface area contributed by atoms with Crippen LogP contribution in [0.4, 0.5) is 5.82 Å². The molecule has 0 spiro atoms. The van der Waals surface area contributed by atoms with Gasteiger partial charge in [-0.05, 0) is 25.1 Å². The van der Waals surface area contributed by atoms with Crippen molar-refractivity contribution < 1.29 is 9.84 Å². The summed E-state index contributed by atoms with van der Waals surface area (Å²) in [7, 11) is 1.63. The number of nitrogens with one attached hydrogen (secondary N) is 1. The first kappa shape index (κ1) is 13.8. The quantitative estimate of drug-likeness (QED) is 0.837. The summed E-state index contributed by atoms with van der Waals surface area (Å²) in [4.78, 5) is 4.51. The van der Waals surface area contributed by atoms with Gasteiger partial charge in [0, 0.05) is 32.1 Å². The number of ether oxygens (including phenoxy) is 1. The molecular formula is C15H20N2O2. The highest BCUT2D eigenvalue weighted by molar-refractivity contribution is 5.80. The van der Waals surface area contributed by atoms with Crippen LogP contribution in [0.1, 0.15) is 13.3 Å². The molecule has 1 atom stereocenters. The van der Waals surface area contributed by atoms with Crippen LogP contribution in [-0.4, -0.2) is 36.0 Å². The summed E-state index contributed by atoms with van der Waals surface area (Å²) in [5.41, 5.74) is 0.146. The topological polar surface area (TPSA) is 54.4 Å². The second-order valence-electron chi connectivity index (χ2n) is 4.98. The molecule has 4 heteroatoms. The number of benzene rings is 1. The third-order valence-corrected chi connectivity index (χ3v) is 3.09. The second-order valence-corrected chi connectivity index (χ2v) is 4.98. The van der Waals surface area contributed by atoms with Gasteiger partial charge in [0.25, 0.3) is 0 Å². The molecule has 0 amide bonds. The van der Waals surface area contributed by atoms with E-state index in [1.54, 1.807) is 14.0 Å². The van der Waals surface area contributed by atoms with Crippen LogP contribution in [0.15, 0.2) is 36.4 Å². The molecule has 0 fully saturated rings. The molecule has 1 aromatic heterocycles. The summed E-state index contributed by atoms with van der Waals surface area (Å²) in [5.74, 6) is 0.774. The largest absolute Gasteiger partial charge is 0.388 e. The fourth-order valence-electron chi connectivity index (χ4n) is 1.86. The predicted molar refractivity (Wildman–Crippen MR) is 77.3 cm³/mol. The van der Waals surface area contributed by atoms with Crippen molar-refractivity contribution in [3.8, 4) is 0 Å². The highest BCUT2D eigenvalue weighted by Crippen LogP contribution is 2.16. The normalized spacial score (nSPS) is 14.3. The van der Waals surface area contributed by atoms with E-state index in [2.05, 4.69) is 10.3 Å². The van der Waals surface area contributed by atoms with E-state index in [0.717, 1.165) is 16.7 Å². The second kappa shape index (κ2) is 5.99. The Hall–Kier alpha value is -1.65. The molecule has 0 aliphatic carbocycles. The van der Waals surface area contributed by atoms with Gasteiger partial charge < -0.3 is 15.2 Å². The first-order chi connectivity index (χ1) is 9.11. The van der Waals surface area contributed by atoms with Crippen LogP contribution in [0.3, 0.4) is 0 Å². The molecule has 2 aromatic rings. The maximum absolute atomic E-state index is 10.1. The zero-order valence-corrected chi connectivity index (χ0v) is 11.4. The number of para-hydroxylation sites is 1. The van der Waals surface area contributed by atoms with Crippen LogP contribution in [0.2, 0.25) is 0 Å². The highest BCUT2D eigenvalue weighted by Gasteiger charge is 2.19. The molecular weight excluding hydrogens is 240 g/mol. The lowest BCUT2D eigenvalue weighted by molar-refractivity contribution is 0.0357. The highest BCUT2D eigenvalue weighted by atomic mass is 16.5. The van der Waals surface area contributed by atoms with Crippen molar-refractivity contribution in [1.82, 2.24) is 4.98 Å². The van der Waals surface area contributed by atoms with E-state index in [4.69, 9.17) is 4.74 Å². The first-order valence-electron chi connectivity index (χ1n) is 6.42. The number of aromatic nitrogens is 1. The molecule has 1 aromatic carbocycles. The summed E-state index contributed by atoms with van der Waals surface area (Å²) >= 11 is 0. The third kappa shape index (κ3) is 3.91. The number of rotatable bonds is 6. The number of aliphatic hydroxyl groups is 1. The van der Waals surface area contributed by atoms with Crippen molar-refractivity contribution in [1.29, 1.82) is 0 Å². The molecule has 0 saturated heterocycles. The Labute approximate surface area is 113 Å². The summed E-state index contributed by atoms with van der Waals surface area (Å²) in [6, 6.07) is 11.9. The van der Waals surface area contributed by atoms with Crippen LogP contribution in [0.25, 0.3) is 10.9 Å². The number of hydrogen-bond donors (Lipinski definition) is 2. The Balaban J connectivity index is 2.01. The molecule has 1 unspecified atom stereocenters. The molecule has 0 radical (unpaired) electrons. The summed E-state index contributed by atoms with van der Waals surface area (Å²) in [6.07, 6.45) is 0.587. The average molecular weight is 260 g/mol. The number of pyridine rings is 1. The Morgan fingerprint density at radius 2 is 2.05 bits per heavy atom. The lowest BCUT2D eigenvalue weighted by Gasteiger charge is -2.23. The fourth-order valence-corrected chi connectivity index (χ4v) is 1.86. The molecule has 0 bridgehead atoms. The van der Waals surface area contributed by atoms with Crippen LogP contribution >= 0.6 is 0 Å². The van der Waals surface area contributed by atoms with E-state index in [9.17, 15) is 5.11 Å². The van der Waals surface area contributed by atoms with E-state index in [0.29, 0.717) is 19.6 Å². The van der Waals surface area contributed by atoms with Crippen molar-refractivity contribution in [3.63, 3.8) is 0 Å². The average Bonchev–Trinajstić information content (AvgIpc) is 2.43. The van der Waals surface area contributed by atoms with Crippen molar-refractivity contribution in [2.75, 3.05) is 25.6 Å². The SMILES string of the molecule is COCCC(C)(O)CNc1ccc2ccccc2n1. The minimum Gasteiger partial charge on any atom is -0.388 e. The Bertz CT molecular complexity index is 540. The van der Waals surface area contributed by atoms with Crippen LogP contribution in [0.5, 0.6) is 0 Å². The van der Waals surface area contributed by atoms with Gasteiger partial charge >= 0.3 is 0 Å². The van der Waals surface area contributed by atoms with Gasteiger partial charge in [0.2, 0.25) is 0 Å². The van der Waals surface area contributed by atoms with Gasteiger partial charge in [0.1, 0.15) is 5.82 Å². The number of nitrogens with zero attached hydrogens (tertiary/aromatic N) is 1. The summed E-state index contributed by atoms with van der Waals surface area (Å²) in [6.45, 7) is 2.78. The molecule has 4 nitrogen and oxygen atoms in total. The zero-order chi connectivity index (χ0) is 13.7.